The minimum Gasteiger partial charge on any atom is -0.508 e. The number of phenolic OH excluding ortho intramolecular Hbond substituents is 3. The lowest BCUT2D eigenvalue weighted by Gasteiger charge is -2.42. The third-order valence-electron chi connectivity index (χ3n) is 8.75. The number of aliphatic hydroxyl groups excluding tert-OH is 6. The lowest BCUT2D eigenvalue weighted by Crippen LogP contribution is -2.56. The number of benzene rings is 3. The van der Waals surface area contributed by atoms with Crippen molar-refractivity contribution in [2.75, 3.05) is 13.2 Å². The van der Waals surface area contributed by atoms with Gasteiger partial charge in [0.15, 0.2) is 17.1 Å². The number of hydrogen-bond donors (Lipinski definition) is 9. The molecule has 2 aliphatic rings. The first kappa shape index (κ1) is 35.0. The number of aromatic hydroxyl groups is 3. The molecule has 0 bridgehead atoms. The molecule has 15 nitrogen and oxygen atoms in total. The van der Waals surface area contributed by atoms with Crippen molar-refractivity contribution in [1.82, 2.24) is 0 Å². The highest BCUT2D eigenvalue weighted by Crippen LogP contribution is 2.51. The zero-order valence-corrected chi connectivity index (χ0v) is 26.0. The van der Waals surface area contributed by atoms with Gasteiger partial charge >= 0.3 is 5.97 Å². The van der Waals surface area contributed by atoms with E-state index < -0.39 is 113 Å². The predicted octanol–water partition coefficient (Wildman–Crippen LogP) is 0.510. The lowest BCUT2D eigenvalue weighted by molar-refractivity contribution is -0.240. The second-order valence-electron chi connectivity index (χ2n) is 12.0. The molecule has 0 unspecified atom stereocenters. The Morgan fingerprint density at radius 3 is 2.22 bits per heavy atom. The van der Waals surface area contributed by atoms with Crippen molar-refractivity contribution in [3.8, 4) is 28.6 Å². The average molecular weight is 695 g/mol. The van der Waals surface area contributed by atoms with E-state index in [0.29, 0.717) is 11.1 Å². The van der Waals surface area contributed by atoms with Crippen LogP contribution in [-0.2, 0) is 19.0 Å². The molecule has 4 aromatic rings. The van der Waals surface area contributed by atoms with Crippen LogP contribution in [0, 0.1) is 0 Å². The molecule has 6 rings (SSSR count). The summed E-state index contributed by atoms with van der Waals surface area (Å²) < 4.78 is 23.0. The van der Waals surface area contributed by atoms with Crippen LogP contribution in [0.25, 0.3) is 28.4 Å². The minimum atomic E-state index is -1.99. The van der Waals surface area contributed by atoms with Crippen molar-refractivity contribution in [3.63, 3.8) is 0 Å². The fourth-order valence-electron chi connectivity index (χ4n) is 6.12. The molecular weight excluding hydrogens is 660 g/mol. The number of hydrogen-bond acceptors (Lipinski definition) is 15. The number of carbonyl (C=O) groups excluding carboxylic acids is 1. The van der Waals surface area contributed by atoms with Gasteiger partial charge in [-0.05, 0) is 23.8 Å². The van der Waals surface area contributed by atoms with Gasteiger partial charge in [-0.1, -0.05) is 42.5 Å². The highest BCUT2D eigenvalue weighted by Gasteiger charge is 2.50. The van der Waals surface area contributed by atoms with E-state index in [1.165, 1.54) is 30.3 Å². The van der Waals surface area contributed by atoms with Crippen molar-refractivity contribution < 1.29 is 69.4 Å². The topological polar surface area (TPSA) is 257 Å². The average Bonchev–Trinajstić information content (AvgIpc) is 3.10. The lowest BCUT2D eigenvalue weighted by atomic mass is 9.85. The summed E-state index contributed by atoms with van der Waals surface area (Å²) in [7, 11) is 0. The Bertz CT molecular complexity index is 1940. The third-order valence-corrected chi connectivity index (χ3v) is 8.75. The van der Waals surface area contributed by atoms with Gasteiger partial charge in [-0.3, -0.25) is 4.79 Å². The van der Waals surface area contributed by atoms with Crippen LogP contribution < -0.4 is 5.43 Å². The first-order chi connectivity index (χ1) is 23.9. The second kappa shape index (κ2) is 14.2. The first-order valence-electron chi connectivity index (χ1n) is 15.5. The molecule has 9 N–H and O–H groups in total. The Hall–Kier alpha value is -4.84. The van der Waals surface area contributed by atoms with E-state index in [1.807, 2.05) is 0 Å². The van der Waals surface area contributed by atoms with Gasteiger partial charge in [0.1, 0.15) is 77.2 Å². The van der Waals surface area contributed by atoms with E-state index in [0.717, 1.165) is 12.1 Å². The first-order valence-corrected chi connectivity index (χ1v) is 15.5. The van der Waals surface area contributed by atoms with Crippen molar-refractivity contribution in [2.24, 2.45) is 0 Å². The van der Waals surface area contributed by atoms with Crippen LogP contribution in [0.5, 0.6) is 17.2 Å². The highest BCUT2D eigenvalue weighted by molar-refractivity contribution is 5.92. The summed E-state index contributed by atoms with van der Waals surface area (Å²) in [6.07, 6.45) is -13.8. The van der Waals surface area contributed by atoms with Crippen LogP contribution in [0.2, 0.25) is 0 Å². The molecule has 3 heterocycles. The molecule has 2 saturated heterocycles. The summed E-state index contributed by atoms with van der Waals surface area (Å²) in [5, 5.41) is 96.0. The van der Waals surface area contributed by atoms with E-state index in [-0.39, 0.29) is 11.5 Å². The minimum absolute atomic E-state index is 0.0122. The van der Waals surface area contributed by atoms with Crippen molar-refractivity contribution in [1.29, 1.82) is 0 Å². The largest absolute Gasteiger partial charge is 0.508 e. The molecule has 0 spiro atoms. The molecular formula is C35H34O15. The molecule has 0 aliphatic carbocycles. The number of phenols is 3. The van der Waals surface area contributed by atoms with Crippen LogP contribution in [0.1, 0.15) is 28.9 Å². The molecule has 3 aromatic carbocycles. The smallest absolute Gasteiger partial charge is 0.331 e. The van der Waals surface area contributed by atoms with Crippen LogP contribution in [0.3, 0.4) is 0 Å². The van der Waals surface area contributed by atoms with E-state index in [9.17, 15) is 55.5 Å². The van der Waals surface area contributed by atoms with Gasteiger partial charge in [-0.15, -0.1) is 0 Å². The van der Waals surface area contributed by atoms with Gasteiger partial charge in [0, 0.05) is 17.7 Å². The summed E-state index contributed by atoms with van der Waals surface area (Å²) in [4.78, 5) is 26.7. The summed E-state index contributed by atoms with van der Waals surface area (Å²) in [5.74, 6) is -3.00. The summed E-state index contributed by atoms with van der Waals surface area (Å²) in [5.41, 5.74) is -1.56. The van der Waals surface area contributed by atoms with Crippen LogP contribution in [0.15, 0.2) is 76.0 Å². The van der Waals surface area contributed by atoms with Crippen LogP contribution >= 0.6 is 0 Å². The number of carbonyl (C=O) groups is 1. The third kappa shape index (κ3) is 6.44. The summed E-state index contributed by atoms with van der Waals surface area (Å²) in [6, 6.07) is 15.1. The van der Waals surface area contributed by atoms with Gasteiger partial charge in [-0.25, -0.2) is 4.79 Å². The SMILES string of the molecule is O=C(/C=C/c1ccc(O)cc1)O[C@@H]1[C@@H](O)[C@H](O)[C@@H](CO)O[C@H]1c1c(O)c([C@H]2OC[C@H](O)[C@H](O)[C@H]2O)c2oc(-c3ccccc3)cc(=O)c2c1O. The summed E-state index contributed by atoms with van der Waals surface area (Å²) >= 11 is 0. The highest BCUT2D eigenvalue weighted by atomic mass is 16.6. The Morgan fingerprint density at radius 1 is 0.840 bits per heavy atom. The van der Waals surface area contributed by atoms with Gasteiger partial charge < -0.3 is 64.6 Å². The Labute approximate surface area is 282 Å². The number of esters is 1. The van der Waals surface area contributed by atoms with Gasteiger partial charge in [0.05, 0.1) is 24.3 Å². The molecule has 2 aliphatic heterocycles. The molecule has 15 heteroatoms. The van der Waals surface area contributed by atoms with Crippen LogP contribution in [0.4, 0.5) is 0 Å². The van der Waals surface area contributed by atoms with Crippen LogP contribution in [-0.4, -0.2) is 108 Å². The second-order valence-corrected chi connectivity index (χ2v) is 12.0. The normalized spacial score (nSPS) is 28.6. The van der Waals surface area contributed by atoms with E-state index in [1.54, 1.807) is 30.3 Å². The maximum Gasteiger partial charge on any atom is 0.331 e. The quantitative estimate of drug-likeness (QED) is 0.0943. The number of aliphatic hydroxyl groups is 6. The van der Waals surface area contributed by atoms with E-state index in [4.69, 9.17) is 18.6 Å². The number of ether oxygens (including phenoxy) is 3. The molecule has 1 aromatic heterocycles. The van der Waals surface area contributed by atoms with Gasteiger partial charge in [0.25, 0.3) is 0 Å². The summed E-state index contributed by atoms with van der Waals surface area (Å²) in [6.45, 7) is -1.41. The van der Waals surface area contributed by atoms with Crippen molar-refractivity contribution in [3.05, 3.63) is 93.7 Å². The molecule has 9 atom stereocenters. The molecule has 50 heavy (non-hydrogen) atoms. The maximum absolute atomic E-state index is 13.7. The Morgan fingerprint density at radius 2 is 1.54 bits per heavy atom. The Kier molecular flexibility index (Phi) is 9.93. The molecule has 0 amide bonds. The molecule has 0 saturated carbocycles. The predicted molar refractivity (Wildman–Crippen MR) is 172 cm³/mol. The zero-order valence-electron chi connectivity index (χ0n) is 26.0. The molecule has 2 fully saturated rings. The standard InChI is InChI=1S/C35H34O15/c36-13-21-27(42)31(46)35(50-22(40)11-8-15-6-9-17(37)10-7-15)34(49-21)24-28(43)23-18(38)12-20(16-4-2-1-3-5-16)48-32(23)25(29(24)44)33-30(45)26(41)19(39)14-47-33/h1-12,19,21,26-27,30-31,33-37,39,41-46H,13-14H2/b11-8+/t19-,21+,26-,27+,30+,31-,33+,34-,35+/m0/s1. The Balaban J connectivity index is 1.53. The van der Waals surface area contributed by atoms with Crippen molar-refractivity contribution >= 4 is 23.0 Å². The zero-order chi connectivity index (χ0) is 35.9. The van der Waals surface area contributed by atoms with Crippen molar-refractivity contribution in [2.45, 2.75) is 54.9 Å². The fraction of sp³-hybridized carbons (Fsp3) is 0.314. The van der Waals surface area contributed by atoms with E-state index in [2.05, 4.69) is 0 Å². The van der Waals surface area contributed by atoms with E-state index >= 15 is 0 Å². The monoisotopic (exact) mass is 694 g/mol. The molecule has 0 radical (unpaired) electrons. The van der Waals surface area contributed by atoms with Gasteiger partial charge in [-0.2, -0.15) is 0 Å². The van der Waals surface area contributed by atoms with Gasteiger partial charge in [0.2, 0.25) is 0 Å². The maximum atomic E-state index is 13.7. The fourth-order valence-corrected chi connectivity index (χ4v) is 6.12. The molecule has 264 valence electrons. The number of rotatable bonds is 7. The number of fused-ring (bicyclic) bond motifs is 1.